The van der Waals surface area contributed by atoms with Crippen molar-refractivity contribution in [3.05, 3.63) is 84.9 Å². The van der Waals surface area contributed by atoms with Gasteiger partial charge in [-0.2, -0.15) is 0 Å². The van der Waals surface area contributed by atoms with Crippen molar-refractivity contribution in [1.29, 1.82) is 0 Å². The minimum absolute atomic E-state index is 0.238. The van der Waals surface area contributed by atoms with Gasteiger partial charge in [0, 0.05) is 0 Å². The van der Waals surface area contributed by atoms with Gasteiger partial charge in [-0.05, 0) is 0 Å². The van der Waals surface area contributed by atoms with Crippen LogP contribution in [0, 0.1) is 0 Å². The van der Waals surface area contributed by atoms with E-state index >= 15 is 0 Å². The van der Waals surface area contributed by atoms with Crippen LogP contribution in [0.15, 0.2) is 84.9 Å². The van der Waals surface area contributed by atoms with E-state index in [1.807, 2.05) is 0 Å². The van der Waals surface area contributed by atoms with Crippen LogP contribution in [0.1, 0.15) is 0 Å². The Labute approximate surface area is 141 Å². The summed E-state index contributed by atoms with van der Waals surface area (Å²) in [5, 5.41) is 0. The van der Waals surface area contributed by atoms with Crippen LogP contribution in [0.3, 0.4) is 0 Å². The summed E-state index contributed by atoms with van der Waals surface area (Å²) >= 11 is -1.10. The number of benzene rings is 3. The van der Waals surface area contributed by atoms with Gasteiger partial charge < -0.3 is 0 Å². The molecule has 0 saturated carbocycles. The van der Waals surface area contributed by atoms with Crippen molar-refractivity contribution in [1.82, 2.24) is 0 Å². The predicted octanol–water partition coefficient (Wildman–Crippen LogP) is 1.58. The van der Waals surface area contributed by atoms with E-state index in [4.69, 9.17) is 0 Å². The van der Waals surface area contributed by atoms with Crippen LogP contribution >= 0.6 is 0 Å². The summed E-state index contributed by atoms with van der Waals surface area (Å²) in [4.78, 5) is 0. The van der Waals surface area contributed by atoms with E-state index in [1.165, 1.54) is 16.1 Å². The Morgan fingerprint density at radius 2 is 1.05 bits per heavy atom. The molecule has 1 atom stereocenters. The Balaban J connectivity index is 1.75. The van der Waals surface area contributed by atoms with Gasteiger partial charge in [0.15, 0.2) is 0 Å². The van der Waals surface area contributed by atoms with Crippen LogP contribution in [-0.2, 0) is 0 Å². The van der Waals surface area contributed by atoms with Crippen LogP contribution in [0.5, 0.6) is 0 Å². The van der Waals surface area contributed by atoms with Crippen LogP contribution in [0.4, 0.5) is 0 Å². The Bertz CT molecular complexity index is 678. The van der Waals surface area contributed by atoms with Crippen LogP contribution in [-0.4, -0.2) is 34.8 Å². The fraction of sp³-hybridized carbons (Fsp3) is 0.0526. The molecule has 1 unspecified atom stereocenters. The number of hydrogen-bond donors (Lipinski definition) is 0. The van der Waals surface area contributed by atoms with E-state index in [0.29, 0.717) is 0 Å². The van der Waals surface area contributed by atoms with Gasteiger partial charge in [0.2, 0.25) is 0 Å². The third-order valence-electron chi connectivity index (χ3n) is 3.25. The molecule has 104 valence electrons. The number of rotatable bonds is 4. The van der Waals surface area contributed by atoms with Crippen LogP contribution < -0.4 is 16.1 Å². The van der Waals surface area contributed by atoms with Crippen LogP contribution in [0.2, 0.25) is 5.82 Å². The third-order valence-corrected chi connectivity index (χ3v) is 10.3. The van der Waals surface area contributed by atoms with Crippen molar-refractivity contribution < 1.29 is 0 Å². The molecular weight excluding hydrogens is 435 g/mol. The molecule has 0 fully saturated rings. The summed E-state index contributed by atoms with van der Waals surface area (Å²) in [6.07, 6.45) is 0. The van der Waals surface area contributed by atoms with Crippen molar-refractivity contribution in [3.8, 4) is 0 Å². The molecule has 0 nitrogen and oxygen atoms in total. The van der Waals surface area contributed by atoms with E-state index in [0.717, 1.165) is 0 Å². The molecule has 0 saturated heterocycles. The molecule has 0 aliphatic rings. The molecule has 3 aromatic carbocycles. The van der Waals surface area contributed by atoms with Gasteiger partial charge in [-0.1, -0.05) is 0 Å². The summed E-state index contributed by atoms with van der Waals surface area (Å²) in [6, 6.07) is 31.1. The first-order valence-electron chi connectivity index (χ1n) is 6.87. The second-order valence-electron chi connectivity index (χ2n) is 4.71. The quantitative estimate of drug-likeness (QED) is 0.528. The Hall–Kier alpha value is -1.03. The van der Waals surface area contributed by atoms with Crippen molar-refractivity contribution in [2.24, 2.45) is 0 Å². The van der Waals surface area contributed by atoms with Crippen molar-refractivity contribution in [2.75, 3.05) is 0 Å². The fourth-order valence-corrected chi connectivity index (χ4v) is 7.39. The summed E-state index contributed by atoms with van der Waals surface area (Å²) in [6.45, 7) is 0. The van der Waals surface area contributed by atoms with E-state index in [9.17, 15) is 0 Å². The minimum atomic E-state index is -0.863. The molecule has 3 rings (SSSR count). The Morgan fingerprint density at radius 3 is 1.67 bits per heavy atom. The van der Waals surface area contributed by atoms with E-state index in [2.05, 4.69) is 90.8 Å². The SMILES string of the molecule is C[Se+](c1ccccc1)c1ccc([Te]c2ccccc2)cc1. The molecule has 0 aliphatic carbocycles. The van der Waals surface area contributed by atoms with Gasteiger partial charge in [0.05, 0.1) is 0 Å². The molecule has 0 N–H and O–H groups in total. The van der Waals surface area contributed by atoms with Crippen molar-refractivity contribution >= 4 is 51.0 Å². The Kier molecular flexibility index (Phi) is 5.17. The van der Waals surface area contributed by atoms with Gasteiger partial charge in [-0.25, -0.2) is 0 Å². The third kappa shape index (κ3) is 4.00. The maximum absolute atomic E-state index is 2.40. The summed E-state index contributed by atoms with van der Waals surface area (Å²) in [5.74, 6) is 2.40. The summed E-state index contributed by atoms with van der Waals surface area (Å²) in [7, 11) is 0. The molecule has 0 aromatic heterocycles. The molecule has 0 heterocycles. The maximum atomic E-state index is 2.40. The molecule has 0 amide bonds. The average Bonchev–Trinajstić information content (AvgIpc) is 2.57. The first-order valence-corrected chi connectivity index (χ1v) is 12.6. The van der Waals surface area contributed by atoms with E-state index in [-0.39, 0.29) is 20.9 Å². The normalized spacial score (nSPS) is 12.0. The topological polar surface area (TPSA) is 0 Å². The molecule has 3 aromatic rings. The first-order chi connectivity index (χ1) is 10.3. The van der Waals surface area contributed by atoms with Gasteiger partial charge in [0.25, 0.3) is 0 Å². The Morgan fingerprint density at radius 1 is 0.571 bits per heavy atom. The second-order valence-corrected chi connectivity index (χ2v) is 12.1. The zero-order valence-electron chi connectivity index (χ0n) is 11.9. The first kappa shape index (κ1) is 14.9. The van der Waals surface area contributed by atoms with E-state index < -0.39 is 13.9 Å². The zero-order valence-corrected chi connectivity index (χ0v) is 15.9. The van der Waals surface area contributed by atoms with Gasteiger partial charge in [-0.3, -0.25) is 0 Å². The molecule has 0 bridgehead atoms. The van der Waals surface area contributed by atoms with Gasteiger partial charge in [0.1, 0.15) is 0 Å². The molecule has 0 aliphatic heterocycles. The molecule has 0 spiro atoms. The zero-order chi connectivity index (χ0) is 14.5. The standard InChI is InChI=1S/C19H17SeTe/c1-20(16-8-4-2-5-9-16)17-12-14-19(15-13-17)21-18-10-6-3-7-11-18/h2-15H,1H3/q+1. The monoisotopic (exact) mass is 455 g/mol. The molecule has 2 heteroatoms. The van der Waals surface area contributed by atoms with E-state index in [1.54, 1.807) is 0 Å². The fourth-order valence-electron chi connectivity index (χ4n) is 2.10. The molecular formula is C19H17SeTe+. The predicted molar refractivity (Wildman–Crippen MR) is 95.2 cm³/mol. The molecule has 0 radical (unpaired) electrons. The number of hydrogen-bond acceptors (Lipinski definition) is 0. The second kappa shape index (κ2) is 7.30. The summed E-state index contributed by atoms with van der Waals surface area (Å²) < 4.78 is 6.04. The van der Waals surface area contributed by atoms with Crippen molar-refractivity contribution in [2.45, 2.75) is 5.82 Å². The van der Waals surface area contributed by atoms with Crippen molar-refractivity contribution in [3.63, 3.8) is 0 Å². The van der Waals surface area contributed by atoms with Gasteiger partial charge >= 0.3 is 142 Å². The van der Waals surface area contributed by atoms with Gasteiger partial charge in [-0.15, -0.1) is 0 Å². The molecule has 21 heavy (non-hydrogen) atoms. The average molecular weight is 452 g/mol. The van der Waals surface area contributed by atoms with Crippen LogP contribution in [0.25, 0.3) is 0 Å². The summed E-state index contributed by atoms with van der Waals surface area (Å²) in [5.41, 5.74) is 0.